The van der Waals surface area contributed by atoms with Crippen molar-refractivity contribution in [2.75, 3.05) is 0 Å². The van der Waals surface area contributed by atoms with Crippen molar-refractivity contribution in [1.82, 2.24) is 0 Å². The number of benzene rings is 1. The van der Waals surface area contributed by atoms with Gasteiger partial charge in [0, 0.05) is 521 Å². The van der Waals surface area contributed by atoms with Gasteiger partial charge in [-0.2, -0.15) is 0 Å². The number of carbonyl (C=O) groups is 1. The molecule has 2 bridgehead atoms. The molecule has 1 fully saturated rings. The summed E-state index contributed by atoms with van der Waals surface area (Å²) in [7, 11) is 98.5. The van der Waals surface area contributed by atoms with Gasteiger partial charge in [0.25, 0.3) is 0 Å². The standard InChI is InChI=1S/C11H9BrO2.S57/c12-9-4-8-7(3-6(9)5-13)10-1-2-11(8)14-10;1-3-5-7-9-11-13-15-17-19-21-23-25-27-29-31-33-35-37-39-41-43-45-47-49-51-53-55-57-56-54-52-50-48-46-44-42-40-38-36-34-32-30-28-26-24-22-20-18-16-14-12-10-8-6-4-2/h3-5,10-11H,1-2H2;. The maximum Gasteiger partial charge on any atom is 0.151 e. The largest absolute Gasteiger partial charge is 0.366 e. The van der Waals surface area contributed by atoms with Crippen molar-refractivity contribution in [2.24, 2.45) is 0 Å². The number of hydrogen-bond donors (Lipinski definition) is 0. The Bertz CT molecular complexity index is 4570. The quantitative estimate of drug-likeness (QED) is 0.405. The molecule has 1 saturated heterocycles. The molecule has 0 saturated carbocycles. The highest BCUT2D eigenvalue weighted by molar-refractivity contribution is 9.10. The second-order valence-corrected chi connectivity index (χ2v) is 106. The second-order valence-electron chi connectivity index (χ2n) is 7.55. The van der Waals surface area contributed by atoms with Crippen LogP contribution in [0.25, 0.3) is 0 Å². The van der Waals surface area contributed by atoms with Crippen LogP contribution >= 0.6 is 15.9 Å². The minimum Gasteiger partial charge on any atom is -0.366 e. The highest BCUT2D eigenvalue weighted by Crippen LogP contribution is 2.51. The van der Waals surface area contributed by atoms with Gasteiger partial charge < -0.3 is 4.74 Å². The second kappa shape index (κ2) is 64.8. The van der Waals surface area contributed by atoms with E-state index in [1.54, 1.807) is 107 Å². The van der Waals surface area contributed by atoms with E-state index in [1.165, 1.54) is 28.9 Å². The lowest BCUT2D eigenvalue weighted by molar-refractivity contribution is 0.0716. The highest BCUT2D eigenvalue weighted by Gasteiger charge is 2.38. The summed E-state index contributed by atoms with van der Waals surface area (Å²) in [4.78, 5) is 10.8. The van der Waals surface area contributed by atoms with Crippen molar-refractivity contribution in [2.45, 2.75) is 25.0 Å². The lowest BCUT2D eigenvalue weighted by atomic mass is 9.91. The first-order valence-corrected chi connectivity index (χ1v) is 89.5. The number of hydrogen-bond acceptors (Lipinski definition) is 4. The number of fused-ring (bicyclic) bond motifs is 5. The zero-order valence-electron chi connectivity index (χ0n) is 30.8. The smallest absolute Gasteiger partial charge is 0.151 e. The minimum absolute atomic E-state index is 0.238. The van der Waals surface area contributed by atoms with Crippen LogP contribution in [0.1, 0.15) is 46.5 Å². The Morgan fingerprint density at radius 1 is 0.324 bits per heavy atom. The normalized spacial score (nSPS) is 11.7. The van der Waals surface area contributed by atoms with Gasteiger partial charge in [-0.15, -0.1) is 0 Å². The molecule has 0 radical (unpaired) electrons. The lowest BCUT2D eigenvalue weighted by Crippen LogP contribution is -1.99. The fourth-order valence-corrected chi connectivity index (χ4v) is 149. The zero-order valence-corrected chi connectivity index (χ0v) is 78.9. The summed E-state index contributed by atoms with van der Waals surface area (Å²) < 4.78 is 6.64. The van der Waals surface area contributed by atoms with Crippen molar-refractivity contribution >= 4 is 533 Å². The van der Waals surface area contributed by atoms with Crippen LogP contribution in [0.15, 0.2) is 16.6 Å². The summed E-state index contributed by atoms with van der Waals surface area (Å²) >= 11 is 13.0. The monoisotopic (exact) mass is 2070 g/mol. The van der Waals surface area contributed by atoms with Gasteiger partial charge in [-0.05, 0) is 36.1 Å². The molecule has 71 heavy (non-hydrogen) atoms. The van der Waals surface area contributed by atoms with E-state index in [-0.39, 0.29) is 12.2 Å². The van der Waals surface area contributed by atoms with Crippen LogP contribution in [0.5, 0.6) is 0 Å². The predicted molar refractivity (Wildman–Crippen MR) is 475 cm³/mol. The van der Waals surface area contributed by atoms with Crippen LogP contribution in [-0.4, -0.2) is 6.29 Å². The number of carbonyl (C=O) groups excluding carboxylic acids is 1. The number of ether oxygens (including phenoxy) is 1. The van der Waals surface area contributed by atoms with Crippen LogP contribution in [0, 0.1) is 0 Å². The van der Waals surface area contributed by atoms with Gasteiger partial charge in [0.1, 0.15) is 0 Å². The molecule has 1 aromatic carbocycles. The van der Waals surface area contributed by atoms with Crippen LogP contribution in [-0.2, 0) is 516 Å². The molecule has 2 aliphatic heterocycles. The Morgan fingerprint density at radius 2 is 0.493 bits per heavy atom. The van der Waals surface area contributed by atoms with Gasteiger partial charge in [-0.3, -0.25) is 4.79 Å². The van der Waals surface area contributed by atoms with Gasteiger partial charge in [0.2, 0.25) is 0 Å². The van der Waals surface area contributed by atoms with Gasteiger partial charge >= 0.3 is 0 Å². The third-order valence-corrected chi connectivity index (χ3v) is 125. The van der Waals surface area contributed by atoms with Crippen molar-refractivity contribution in [3.63, 3.8) is 0 Å². The molecule has 0 amide bonds. The molecular weight excluding hydrogens is 2070 g/mol. The van der Waals surface area contributed by atoms with E-state index in [2.05, 4.69) is 15.9 Å². The van der Waals surface area contributed by atoms with Crippen molar-refractivity contribution in [3.8, 4) is 0 Å². The van der Waals surface area contributed by atoms with E-state index < -0.39 is 0 Å². The lowest BCUT2D eigenvalue weighted by Gasteiger charge is -2.12. The molecule has 2 unspecified atom stereocenters. The molecule has 0 aliphatic carbocycles. The SMILES string of the molecule is O=Cc1cc2c(cc1Br)C1CCC2O1.S=S=S=S=S=S=S=S=S=S=S=S=S=S=S=S=S=S=S=S=S=S=S=S=S=S=S=S=S=S=S=S=S=S=S=S=S=S=S=S=S=S=S=S=S=S=S=S=S=S=S=S=S=S=S=S=S. The van der Waals surface area contributed by atoms with Gasteiger partial charge in [0.05, 0.1) is 12.2 Å². The van der Waals surface area contributed by atoms with Crippen molar-refractivity contribution in [3.05, 3.63) is 33.3 Å². The first-order valence-electron chi connectivity index (χ1n) is 14.1. The minimum atomic E-state index is 0.238. The Kier molecular flexibility index (Phi) is 72.1. The maximum atomic E-state index is 10.8. The number of rotatable bonds is 1. The summed E-state index contributed by atoms with van der Waals surface area (Å²) in [5, 5.41) is 0. The Labute approximate surface area is 584 Å². The predicted octanol–water partition coefficient (Wildman–Crippen LogP) is 3.03. The van der Waals surface area contributed by atoms with Crippen molar-refractivity contribution in [1.29, 1.82) is 0 Å². The van der Waals surface area contributed by atoms with Gasteiger partial charge in [0.15, 0.2) is 6.29 Å². The fourth-order valence-electron chi connectivity index (χ4n) is 2.97. The third kappa shape index (κ3) is 51.3. The van der Waals surface area contributed by atoms with Gasteiger partial charge in [-0.25, -0.2) is 0 Å². The molecule has 0 spiro atoms. The van der Waals surface area contributed by atoms with E-state index in [4.69, 9.17) is 27.1 Å². The van der Waals surface area contributed by atoms with E-state index in [9.17, 15) is 4.79 Å². The Morgan fingerprint density at radius 3 is 0.662 bits per heavy atom. The van der Waals surface area contributed by atoms with Crippen LogP contribution in [0.3, 0.4) is 0 Å². The van der Waals surface area contributed by atoms with Crippen molar-refractivity contribution < 1.29 is 9.53 Å². The average molecular weight is 2080 g/mol. The molecule has 2 nitrogen and oxygen atoms in total. The van der Waals surface area contributed by atoms with E-state index in [0.29, 0.717) is 0 Å². The molecule has 60 heteroatoms. The molecular formula is C11H9BrO2S57. The summed E-state index contributed by atoms with van der Waals surface area (Å²) in [6.07, 6.45) is 3.60. The zero-order chi connectivity index (χ0) is 50.6. The van der Waals surface area contributed by atoms with E-state index in [0.717, 1.165) is 29.2 Å². The van der Waals surface area contributed by atoms with E-state index in [1.807, 2.05) is 376 Å². The molecule has 2 heterocycles. The topological polar surface area (TPSA) is 26.3 Å². The summed E-state index contributed by atoms with van der Waals surface area (Å²) in [6.45, 7) is 0. The highest BCUT2D eigenvalue weighted by atomic mass is 79.9. The third-order valence-electron chi connectivity index (χ3n) is 4.54. The molecule has 0 N–H and O–H groups in total. The molecule has 414 valence electrons. The molecule has 3 rings (SSSR count). The van der Waals surface area contributed by atoms with Crippen LogP contribution < -0.4 is 0 Å². The maximum absolute atomic E-state index is 10.8. The molecule has 2 aliphatic rings. The molecule has 0 aromatic heterocycles. The Balaban J connectivity index is 0.00000103. The van der Waals surface area contributed by atoms with Crippen LogP contribution in [0.4, 0.5) is 0 Å². The van der Waals surface area contributed by atoms with E-state index >= 15 is 0 Å². The number of halogens is 1. The average Bonchev–Trinajstić information content (AvgIpc) is 4.00. The first kappa shape index (κ1) is 79.0. The summed E-state index contributed by atoms with van der Waals surface area (Å²) in [6, 6.07) is 3.99. The van der Waals surface area contributed by atoms with Gasteiger partial charge in [-0.1, -0.05) is 15.9 Å². The fraction of sp³-hybridized carbons (Fsp3) is 0.364. The molecule has 1 aromatic rings. The summed E-state index contributed by atoms with van der Waals surface area (Å²) in [5.41, 5.74) is 3.20. The first-order chi connectivity index (χ1) is 35.2. The Hall–Kier alpha value is 11.9. The number of aldehydes is 1. The van der Waals surface area contributed by atoms with Crippen LogP contribution in [0.2, 0.25) is 0 Å². The molecule has 2 atom stereocenters. The summed E-state index contributed by atoms with van der Waals surface area (Å²) in [5.74, 6) is 0.